The third kappa shape index (κ3) is 9.21. The van der Waals surface area contributed by atoms with E-state index >= 15 is 0 Å². The number of carbonyl (C=O) groups excluding carboxylic acids is 4. The average Bonchev–Trinajstić information content (AvgIpc) is 3.98. The first-order chi connectivity index (χ1) is 29.7. The molecule has 2 aromatic carbocycles. The lowest BCUT2D eigenvalue weighted by molar-refractivity contribution is -0.732. The predicted molar refractivity (Wildman–Crippen MR) is 243 cm³/mol. The Hall–Kier alpha value is -5.69. The Kier molecular flexibility index (Phi) is 13.4. The smallest absolute Gasteiger partial charge is 0.407 e. The molecule has 0 saturated heterocycles. The van der Waals surface area contributed by atoms with Crippen molar-refractivity contribution in [1.82, 2.24) is 28.6 Å². The van der Waals surface area contributed by atoms with Crippen molar-refractivity contribution in [2.24, 2.45) is 31.8 Å². The molecule has 4 aromatic heterocycles. The molecular formula is C49H61ClN7O6+. The number of ketones is 2. The fraction of sp³-hybridized carbons (Fsp3) is 0.469. The lowest BCUT2D eigenvalue weighted by Crippen LogP contribution is -2.48. The molecule has 9 rings (SSSR count). The maximum absolute atomic E-state index is 13.6. The Morgan fingerprint density at radius 2 is 1.35 bits per heavy atom. The van der Waals surface area contributed by atoms with Crippen LogP contribution in [0.5, 0.6) is 0 Å². The maximum atomic E-state index is 13.6. The second-order valence-electron chi connectivity index (χ2n) is 18.3. The summed E-state index contributed by atoms with van der Waals surface area (Å²) in [6.07, 6.45) is 13.9. The van der Waals surface area contributed by atoms with Crippen molar-refractivity contribution in [1.29, 1.82) is 0 Å². The Bertz CT molecular complexity index is 2660. The topological polar surface area (TPSA) is 135 Å². The molecular weight excluding hydrogens is 818 g/mol. The van der Waals surface area contributed by atoms with Gasteiger partial charge in [-0.05, 0) is 78.4 Å². The van der Waals surface area contributed by atoms with Crippen molar-refractivity contribution in [3.63, 3.8) is 0 Å². The molecule has 0 spiro atoms. The van der Waals surface area contributed by atoms with E-state index in [1.807, 2.05) is 95.2 Å². The minimum atomic E-state index is -0.602. The van der Waals surface area contributed by atoms with Gasteiger partial charge >= 0.3 is 12.1 Å². The number of benzene rings is 2. The monoisotopic (exact) mass is 878 g/mol. The number of esters is 1. The zero-order valence-electron chi connectivity index (χ0n) is 37.6. The summed E-state index contributed by atoms with van der Waals surface area (Å²) in [7, 11) is 4.10. The minimum absolute atomic E-state index is 0. The van der Waals surface area contributed by atoms with Gasteiger partial charge in [-0.15, -0.1) is 12.4 Å². The molecule has 14 heteroatoms. The molecule has 6 aromatic rings. The van der Waals surface area contributed by atoms with Crippen LogP contribution in [-0.4, -0.2) is 58.5 Å². The minimum Gasteiger partial charge on any atom is -0.444 e. The third-order valence-corrected chi connectivity index (χ3v) is 13.3. The number of hydrogen-bond acceptors (Lipinski definition) is 7. The predicted octanol–water partition coefficient (Wildman–Crippen LogP) is 8.16. The highest BCUT2D eigenvalue weighted by Gasteiger charge is 2.37. The number of aryl methyl sites for hydroxylation is 3. The summed E-state index contributed by atoms with van der Waals surface area (Å²) >= 11 is 0. The van der Waals surface area contributed by atoms with E-state index in [0.717, 1.165) is 102 Å². The second-order valence-corrected chi connectivity index (χ2v) is 18.3. The van der Waals surface area contributed by atoms with Crippen molar-refractivity contribution in [3.05, 3.63) is 107 Å². The van der Waals surface area contributed by atoms with Gasteiger partial charge in [-0.2, -0.15) is 4.57 Å². The summed E-state index contributed by atoms with van der Waals surface area (Å²) in [4.78, 5) is 56.3. The van der Waals surface area contributed by atoms with Crippen LogP contribution in [0, 0.1) is 31.6 Å². The highest BCUT2D eigenvalue weighted by atomic mass is 35.5. The van der Waals surface area contributed by atoms with Crippen molar-refractivity contribution >= 4 is 57.8 Å². The van der Waals surface area contributed by atoms with E-state index in [-0.39, 0.29) is 54.6 Å². The summed E-state index contributed by atoms with van der Waals surface area (Å²) in [5.41, 5.74) is 5.76. The van der Waals surface area contributed by atoms with Gasteiger partial charge < -0.3 is 28.5 Å². The number of Topliss-reactive ketones (excluding diaryl/α,β-unsaturated/α-hetero) is 2. The van der Waals surface area contributed by atoms with Gasteiger partial charge in [0.2, 0.25) is 6.73 Å². The second kappa shape index (κ2) is 18.6. The number of fused-ring (bicyclic) bond motifs is 6. The van der Waals surface area contributed by atoms with E-state index in [1.54, 1.807) is 6.20 Å². The molecule has 0 bridgehead atoms. The number of alkyl carbamates (subject to hydrolysis) is 1. The SMILES string of the molecule is Cc1n(CC2CCc3c(c4ccccc4n3C)C2=O)cc[n+]1COC(=O)[C@@H]1CCCC[C@H]1NC(=O)OC(C)(C)C.Cc1nccn1CC1CCc2c(c3ccccc3n2C)C1=O.Cl. The van der Waals surface area contributed by atoms with Crippen LogP contribution in [0.4, 0.5) is 4.79 Å². The summed E-state index contributed by atoms with van der Waals surface area (Å²) in [5.74, 6) is 1.59. The van der Waals surface area contributed by atoms with Gasteiger partial charge in [-0.25, -0.2) is 14.3 Å². The lowest BCUT2D eigenvalue weighted by Gasteiger charge is -2.31. The molecule has 3 aliphatic carbocycles. The number of nitrogens with one attached hydrogen (secondary N) is 1. The van der Waals surface area contributed by atoms with Gasteiger partial charge in [0.25, 0.3) is 5.82 Å². The van der Waals surface area contributed by atoms with Gasteiger partial charge in [0.1, 0.15) is 30.4 Å². The van der Waals surface area contributed by atoms with Gasteiger partial charge in [-0.3, -0.25) is 14.4 Å². The number of rotatable bonds is 8. The van der Waals surface area contributed by atoms with Gasteiger partial charge in [0, 0.05) is 96.2 Å². The number of ether oxygens (including phenoxy) is 2. The highest BCUT2D eigenvalue weighted by molar-refractivity contribution is 6.12. The average molecular weight is 880 g/mol. The molecule has 3 aliphatic rings. The van der Waals surface area contributed by atoms with E-state index in [0.29, 0.717) is 13.0 Å². The summed E-state index contributed by atoms with van der Waals surface area (Å²) in [5, 5.41) is 5.01. The van der Waals surface area contributed by atoms with Crippen LogP contribution in [-0.2, 0) is 61.0 Å². The fourth-order valence-corrected chi connectivity index (χ4v) is 9.90. The largest absolute Gasteiger partial charge is 0.444 e. The molecule has 4 heterocycles. The number of halogens is 1. The van der Waals surface area contributed by atoms with Crippen molar-refractivity contribution in [2.45, 2.75) is 117 Å². The lowest BCUT2D eigenvalue weighted by atomic mass is 9.84. The van der Waals surface area contributed by atoms with Crippen molar-refractivity contribution < 1.29 is 33.2 Å². The van der Waals surface area contributed by atoms with Crippen LogP contribution in [0.1, 0.15) is 103 Å². The van der Waals surface area contributed by atoms with Gasteiger partial charge in [0.05, 0.1) is 11.8 Å². The molecule has 334 valence electrons. The highest BCUT2D eigenvalue weighted by Crippen LogP contribution is 2.36. The molecule has 1 N–H and O–H groups in total. The summed E-state index contributed by atoms with van der Waals surface area (Å²) in [6, 6.07) is 16.0. The van der Waals surface area contributed by atoms with Crippen LogP contribution in [0.15, 0.2) is 73.3 Å². The van der Waals surface area contributed by atoms with E-state index in [1.165, 1.54) is 5.69 Å². The molecule has 1 amide bonds. The zero-order chi connectivity index (χ0) is 43.9. The zero-order valence-corrected chi connectivity index (χ0v) is 38.4. The molecule has 0 aliphatic heterocycles. The molecule has 2 unspecified atom stereocenters. The number of carbonyl (C=O) groups is 4. The molecule has 1 fully saturated rings. The Balaban J connectivity index is 0.000000218. The summed E-state index contributed by atoms with van der Waals surface area (Å²) < 4.78 is 21.5. The van der Waals surface area contributed by atoms with Crippen molar-refractivity contribution in [3.8, 4) is 0 Å². The van der Waals surface area contributed by atoms with E-state index in [2.05, 4.69) is 53.8 Å². The standard InChI is InChI=1S/C31H40N4O5.C18H19N3O.ClH/c1-20-34(18-21-14-15-26-27(28(21)36)23-11-7-9-13-25(23)33(26)5)16-17-35(20)19-39-29(37)22-10-6-8-12-24(22)32-30(38)40-31(2,3)4;1-12-19-9-10-21(12)11-13-7-8-16-17(18(13)22)14-5-3-4-6-15(14)20(16)2;/h7,9,11,13,16-17,21-22,24H,6,8,10,12,14-15,18-19H2,1-5H3;3-6,9-10,13H,7-8,11H2,1-2H3;1H/p+1/t21?,22-,24-;;/m1../s1. The number of imidazole rings is 2. The maximum Gasteiger partial charge on any atom is 0.407 e. The quantitative estimate of drug-likeness (QED) is 0.121. The van der Waals surface area contributed by atoms with Crippen LogP contribution >= 0.6 is 12.4 Å². The van der Waals surface area contributed by atoms with Gasteiger partial charge in [-0.1, -0.05) is 49.2 Å². The molecule has 0 radical (unpaired) electrons. The first kappa shape index (κ1) is 45.3. The van der Waals surface area contributed by atoms with Crippen LogP contribution in [0.2, 0.25) is 0 Å². The number of amides is 1. The molecule has 63 heavy (non-hydrogen) atoms. The first-order valence-corrected chi connectivity index (χ1v) is 22.1. The Labute approximate surface area is 375 Å². The van der Waals surface area contributed by atoms with Gasteiger partial charge in [0.15, 0.2) is 11.6 Å². The Morgan fingerprint density at radius 3 is 1.90 bits per heavy atom. The Morgan fingerprint density at radius 1 is 0.794 bits per heavy atom. The van der Waals surface area contributed by atoms with E-state index < -0.39 is 17.6 Å². The number of aromatic nitrogens is 6. The number of hydrogen-bond donors (Lipinski definition) is 1. The van der Waals surface area contributed by atoms with Crippen molar-refractivity contribution in [2.75, 3.05) is 0 Å². The molecule has 4 atom stereocenters. The van der Waals surface area contributed by atoms with E-state index in [4.69, 9.17) is 9.47 Å². The van der Waals surface area contributed by atoms with Crippen LogP contribution < -0.4 is 9.88 Å². The normalized spacial score (nSPS) is 19.7. The fourth-order valence-electron chi connectivity index (χ4n) is 9.90. The molecule has 1 saturated carbocycles. The summed E-state index contributed by atoms with van der Waals surface area (Å²) in [6.45, 7) is 10.8. The van der Waals surface area contributed by atoms with Crippen LogP contribution in [0.25, 0.3) is 21.8 Å². The van der Waals surface area contributed by atoms with E-state index in [9.17, 15) is 19.2 Å². The first-order valence-electron chi connectivity index (χ1n) is 22.1. The number of nitrogens with zero attached hydrogens (tertiary/aromatic N) is 6. The molecule has 13 nitrogen and oxygen atoms in total. The number of para-hydroxylation sites is 2. The van der Waals surface area contributed by atoms with Crippen LogP contribution in [0.3, 0.4) is 0 Å². The third-order valence-electron chi connectivity index (χ3n) is 13.3.